The third-order valence-corrected chi connectivity index (χ3v) is 4.83. The van der Waals surface area contributed by atoms with E-state index < -0.39 is 0 Å². The molecule has 0 fully saturated rings. The van der Waals surface area contributed by atoms with Crippen molar-refractivity contribution in [3.8, 4) is 17.2 Å². The van der Waals surface area contributed by atoms with E-state index in [-0.39, 0.29) is 29.2 Å². The lowest BCUT2D eigenvalue weighted by Gasteiger charge is -2.27. The van der Waals surface area contributed by atoms with Crippen molar-refractivity contribution >= 4 is 11.9 Å². The van der Waals surface area contributed by atoms with Crippen LogP contribution in [0.15, 0.2) is 36.4 Å². The summed E-state index contributed by atoms with van der Waals surface area (Å²) in [6, 6.07) is 9.18. The molecule has 4 nitrogen and oxygen atoms in total. The zero-order valence-electron chi connectivity index (χ0n) is 17.4. The Morgan fingerprint density at radius 1 is 0.929 bits per heavy atom. The number of phenols is 1. The van der Waals surface area contributed by atoms with Gasteiger partial charge in [0.25, 0.3) is 0 Å². The van der Waals surface area contributed by atoms with Crippen LogP contribution in [0.4, 0.5) is 0 Å². The largest absolute Gasteiger partial charge is 0.507 e. The van der Waals surface area contributed by atoms with Crippen molar-refractivity contribution in [2.45, 2.75) is 52.4 Å². The maximum Gasteiger partial charge on any atom is 0.231 e. The van der Waals surface area contributed by atoms with E-state index in [4.69, 9.17) is 9.47 Å². The third-order valence-electron chi connectivity index (χ3n) is 4.83. The van der Waals surface area contributed by atoms with Crippen molar-refractivity contribution in [3.63, 3.8) is 0 Å². The number of hydrogen-bond donors (Lipinski definition) is 1. The van der Waals surface area contributed by atoms with E-state index in [1.54, 1.807) is 24.3 Å². The van der Waals surface area contributed by atoms with E-state index in [9.17, 15) is 9.90 Å². The summed E-state index contributed by atoms with van der Waals surface area (Å²) in [5, 5.41) is 10.8. The second-order valence-corrected chi connectivity index (χ2v) is 9.23. The van der Waals surface area contributed by atoms with Gasteiger partial charge in [-0.25, -0.2) is 0 Å². The summed E-state index contributed by atoms with van der Waals surface area (Å²) in [6.45, 7) is 12.4. The Morgan fingerprint density at radius 3 is 2.07 bits per heavy atom. The van der Waals surface area contributed by atoms with Gasteiger partial charge in [-0.1, -0.05) is 53.7 Å². The number of hydrogen-bond acceptors (Lipinski definition) is 4. The maximum absolute atomic E-state index is 12.9. The zero-order valence-corrected chi connectivity index (χ0v) is 17.4. The number of carbonyl (C=O) groups is 1. The summed E-state index contributed by atoms with van der Waals surface area (Å²) in [6.07, 6.45) is 3.33. The van der Waals surface area contributed by atoms with E-state index >= 15 is 0 Å². The molecule has 0 aliphatic carbocycles. The summed E-state index contributed by atoms with van der Waals surface area (Å²) in [7, 11) is 0. The Hall–Kier alpha value is -2.75. The Labute approximate surface area is 166 Å². The van der Waals surface area contributed by atoms with E-state index in [1.807, 2.05) is 59.7 Å². The van der Waals surface area contributed by atoms with E-state index in [1.165, 1.54) is 0 Å². The SMILES string of the molecule is CC(C)(C)c1cc(C(=O)/C=C/c2ccc3c(c2)OCO3)cc(C(C)(C)C)c1O. The van der Waals surface area contributed by atoms with Gasteiger partial charge in [-0.3, -0.25) is 4.79 Å². The first-order valence-corrected chi connectivity index (χ1v) is 9.47. The summed E-state index contributed by atoms with van der Waals surface area (Å²) >= 11 is 0. The maximum atomic E-state index is 12.9. The van der Waals surface area contributed by atoms with Crippen molar-refractivity contribution in [2.24, 2.45) is 0 Å². The van der Waals surface area contributed by atoms with Crippen molar-refractivity contribution in [1.29, 1.82) is 0 Å². The molecule has 0 saturated carbocycles. The van der Waals surface area contributed by atoms with Gasteiger partial charge in [0.15, 0.2) is 17.3 Å². The molecule has 1 heterocycles. The fourth-order valence-electron chi connectivity index (χ4n) is 3.21. The highest BCUT2D eigenvalue weighted by molar-refractivity contribution is 6.07. The molecule has 0 bridgehead atoms. The topological polar surface area (TPSA) is 55.8 Å². The van der Waals surface area contributed by atoms with Crippen molar-refractivity contribution < 1.29 is 19.4 Å². The van der Waals surface area contributed by atoms with Crippen LogP contribution < -0.4 is 9.47 Å². The number of rotatable bonds is 3. The number of phenolic OH excluding ortho intramolecular Hbond substituents is 1. The quantitative estimate of drug-likeness (QED) is 0.555. The highest BCUT2D eigenvalue weighted by Gasteiger charge is 2.27. The molecule has 1 aliphatic heterocycles. The van der Waals surface area contributed by atoms with Gasteiger partial charge in [0, 0.05) is 16.7 Å². The lowest BCUT2D eigenvalue weighted by atomic mass is 9.78. The second-order valence-electron chi connectivity index (χ2n) is 9.23. The Bertz CT molecular complexity index is 905. The van der Waals surface area contributed by atoms with E-state index in [2.05, 4.69) is 0 Å². The minimum absolute atomic E-state index is 0.103. The number of ketones is 1. The Morgan fingerprint density at radius 2 is 1.50 bits per heavy atom. The predicted octanol–water partition coefficient (Wildman–Crippen LogP) is 5.61. The number of allylic oxidation sites excluding steroid dienone is 1. The fraction of sp³-hybridized carbons (Fsp3) is 0.375. The summed E-state index contributed by atoms with van der Waals surface area (Å²) in [4.78, 5) is 12.9. The molecule has 1 N–H and O–H groups in total. The zero-order chi connectivity index (χ0) is 20.7. The van der Waals surface area contributed by atoms with Gasteiger partial charge in [0.05, 0.1) is 0 Å². The first-order chi connectivity index (χ1) is 13.0. The van der Waals surface area contributed by atoms with Gasteiger partial charge in [-0.2, -0.15) is 0 Å². The van der Waals surface area contributed by atoms with Crippen LogP contribution in [0.2, 0.25) is 0 Å². The van der Waals surface area contributed by atoms with Gasteiger partial charge in [0.2, 0.25) is 6.79 Å². The smallest absolute Gasteiger partial charge is 0.231 e. The molecule has 0 radical (unpaired) electrons. The fourth-order valence-corrected chi connectivity index (χ4v) is 3.21. The highest BCUT2D eigenvalue weighted by Crippen LogP contribution is 2.40. The van der Waals surface area contributed by atoms with Gasteiger partial charge in [0.1, 0.15) is 5.75 Å². The normalized spacial score (nSPS) is 13.9. The molecule has 2 aromatic carbocycles. The lowest BCUT2D eigenvalue weighted by molar-refractivity contribution is 0.104. The molecule has 0 aromatic heterocycles. The van der Waals surface area contributed by atoms with Crippen LogP contribution in [-0.4, -0.2) is 17.7 Å². The first-order valence-electron chi connectivity index (χ1n) is 9.47. The standard InChI is InChI=1S/C24H28O4/c1-23(2,3)17-12-16(13-18(22(17)26)24(4,5)6)19(25)9-7-15-8-10-20-21(11-15)28-14-27-20/h7-13,26H,14H2,1-6H3/b9-7+. The molecule has 4 heteroatoms. The van der Waals surface area contributed by atoms with Gasteiger partial charge >= 0.3 is 0 Å². The van der Waals surface area contributed by atoms with Crippen LogP contribution >= 0.6 is 0 Å². The van der Waals surface area contributed by atoms with Crippen molar-refractivity contribution in [1.82, 2.24) is 0 Å². The molecule has 0 saturated heterocycles. The molecular formula is C24H28O4. The van der Waals surface area contributed by atoms with E-state index in [0.29, 0.717) is 17.1 Å². The molecule has 0 atom stereocenters. The van der Waals surface area contributed by atoms with Crippen LogP contribution in [-0.2, 0) is 10.8 Å². The average Bonchev–Trinajstić information content (AvgIpc) is 3.05. The number of aromatic hydroxyl groups is 1. The molecule has 0 spiro atoms. The molecule has 1 aliphatic rings. The van der Waals surface area contributed by atoms with Crippen molar-refractivity contribution in [2.75, 3.05) is 6.79 Å². The summed E-state index contributed by atoms with van der Waals surface area (Å²) < 4.78 is 10.7. The molecular weight excluding hydrogens is 352 g/mol. The van der Waals surface area contributed by atoms with Gasteiger partial charge in [-0.15, -0.1) is 0 Å². The third kappa shape index (κ3) is 4.06. The van der Waals surface area contributed by atoms with Crippen LogP contribution in [0.1, 0.15) is 68.6 Å². The highest BCUT2D eigenvalue weighted by atomic mass is 16.7. The molecule has 0 amide bonds. The average molecular weight is 380 g/mol. The monoisotopic (exact) mass is 380 g/mol. The Kier molecular flexibility index (Phi) is 5.00. The lowest BCUT2D eigenvalue weighted by Crippen LogP contribution is -2.18. The Balaban J connectivity index is 1.97. The van der Waals surface area contributed by atoms with Crippen LogP contribution in [0.5, 0.6) is 17.2 Å². The second kappa shape index (κ2) is 7.01. The number of fused-ring (bicyclic) bond motifs is 1. The molecule has 3 rings (SSSR count). The molecule has 0 unspecified atom stereocenters. The minimum atomic E-state index is -0.276. The van der Waals surface area contributed by atoms with Crippen LogP contribution in [0.25, 0.3) is 6.08 Å². The number of benzene rings is 2. The summed E-state index contributed by atoms with van der Waals surface area (Å²) in [5.41, 5.74) is 2.44. The first kappa shape index (κ1) is 20.0. The minimum Gasteiger partial charge on any atom is -0.507 e. The number of ether oxygens (including phenoxy) is 2. The van der Waals surface area contributed by atoms with Gasteiger partial charge < -0.3 is 14.6 Å². The van der Waals surface area contributed by atoms with Crippen LogP contribution in [0.3, 0.4) is 0 Å². The number of carbonyl (C=O) groups excluding carboxylic acids is 1. The molecule has 2 aromatic rings. The molecule has 28 heavy (non-hydrogen) atoms. The van der Waals surface area contributed by atoms with Crippen LogP contribution in [0, 0.1) is 0 Å². The molecule has 148 valence electrons. The predicted molar refractivity (Wildman–Crippen MR) is 111 cm³/mol. The van der Waals surface area contributed by atoms with E-state index in [0.717, 1.165) is 16.7 Å². The van der Waals surface area contributed by atoms with Crippen molar-refractivity contribution in [3.05, 3.63) is 58.7 Å². The summed E-state index contributed by atoms with van der Waals surface area (Å²) in [5.74, 6) is 1.57. The van der Waals surface area contributed by atoms with Gasteiger partial charge in [-0.05, 0) is 46.7 Å².